The maximum atomic E-state index is 13.3. The highest BCUT2D eigenvalue weighted by Crippen LogP contribution is 2.30. The van der Waals surface area contributed by atoms with Gasteiger partial charge in [-0.1, -0.05) is 0 Å². The first kappa shape index (κ1) is 15.5. The molecular formula is C15H22ClFN2O. The summed E-state index contributed by atoms with van der Waals surface area (Å²) in [6, 6.07) is 6.18. The lowest BCUT2D eigenvalue weighted by molar-refractivity contribution is 0.165. The van der Waals surface area contributed by atoms with Crippen molar-refractivity contribution in [1.29, 1.82) is 0 Å². The molecule has 2 aliphatic rings. The molecule has 112 valence electrons. The van der Waals surface area contributed by atoms with E-state index < -0.39 is 0 Å². The zero-order valence-electron chi connectivity index (χ0n) is 11.7. The van der Waals surface area contributed by atoms with Crippen LogP contribution < -0.4 is 5.32 Å². The third-order valence-electron chi connectivity index (χ3n) is 4.45. The first-order valence-corrected chi connectivity index (χ1v) is 7.05. The molecule has 1 aromatic carbocycles. The minimum Gasteiger partial charge on any atom is -0.508 e. The number of nitrogens with one attached hydrogen (secondary N) is 1. The maximum Gasteiger partial charge on any atom is 0.127 e. The third kappa shape index (κ3) is 3.43. The zero-order valence-corrected chi connectivity index (χ0v) is 12.5. The Balaban J connectivity index is 0.00000147. The highest BCUT2D eigenvalue weighted by Gasteiger charge is 2.34. The Morgan fingerprint density at radius 1 is 1.25 bits per heavy atom. The number of benzene rings is 1. The molecular weight excluding hydrogens is 279 g/mol. The van der Waals surface area contributed by atoms with Crippen molar-refractivity contribution < 1.29 is 9.50 Å². The number of hydrogen-bond donors (Lipinski definition) is 2. The van der Waals surface area contributed by atoms with Crippen molar-refractivity contribution in [2.24, 2.45) is 0 Å². The van der Waals surface area contributed by atoms with Gasteiger partial charge in [0.05, 0.1) is 0 Å². The summed E-state index contributed by atoms with van der Waals surface area (Å²) >= 11 is 0. The van der Waals surface area contributed by atoms with E-state index in [0.717, 1.165) is 11.6 Å². The SMILES string of the molecule is CN(Cc1cc(O)cc(F)c1)C1CC2CCC(C1)N2.Cl. The first-order chi connectivity index (χ1) is 9.10. The van der Waals surface area contributed by atoms with Gasteiger partial charge in [0.2, 0.25) is 0 Å². The van der Waals surface area contributed by atoms with Crippen LogP contribution in [0.1, 0.15) is 31.2 Å². The summed E-state index contributed by atoms with van der Waals surface area (Å²) in [6.07, 6.45) is 4.92. The normalized spacial score (nSPS) is 28.4. The number of rotatable bonds is 3. The summed E-state index contributed by atoms with van der Waals surface area (Å²) in [7, 11) is 2.09. The summed E-state index contributed by atoms with van der Waals surface area (Å²) in [5.41, 5.74) is 0.839. The summed E-state index contributed by atoms with van der Waals surface area (Å²) in [6.45, 7) is 0.690. The molecule has 2 N–H and O–H groups in total. The standard InChI is InChI=1S/C15H21FN2O.ClH/c1-18(9-10-4-11(16)6-15(19)5-10)14-7-12-2-3-13(8-14)17-12;/h4-6,12-14,17,19H,2-3,7-9H2,1H3;1H. The van der Waals surface area contributed by atoms with Crippen LogP contribution in [0.15, 0.2) is 18.2 Å². The maximum absolute atomic E-state index is 13.3. The van der Waals surface area contributed by atoms with Gasteiger partial charge in [-0.2, -0.15) is 0 Å². The fourth-order valence-corrected chi connectivity index (χ4v) is 3.53. The smallest absolute Gasteiger partial charge is 0.127 e. The molecule has 2 saturated heterocycles. The number of piperidine rings is 1. The van der Waals surface area contributed by atoms with E-state index in [9.17, 15) is 9.50 Å². The van der Waals surface area contributed by atoms with E-state index in [-0.39, 0.29) is 24.0 Å². The van der Waals surface area contributed by atoms with E-state index in [1.807, 2.05) is 0 Å². The van der Waals surface area contributed by atoms with Gasteiger partial charge < -0.3 is 10.4 Å². The molecule has 2 heterocycles. The summed E-state index contributed by atoms with van der Waals surface area (Å²) in [4.78, 5) is 2.29. The van der Waals surface area contributed by atoms with Gasteiger partial charge in [0.25, 0.3) is 0 Å². The fourth-order valence-electron chi connectivity index (χ4n) is 3.53. The van der Waals surface area contributed by atoms with Crippen LogP contribution in [0.4, 0.5) is 4.39 Å². The van der Waals surface area contributed by atoms with E-state index >= 15 is 0 Å². The molecule has 0 aromatic heterocycles. The average molecular weight is 301 g/mol. The van der Waals surface area contributed by atoms with Gasteiger partial charge in [-0.3, -0.25) is 4.90 Å². The molecule has 5 heteroatoms. The molecule has 2 fully saturated rings. The van der Waals surface area contributed by atoms with Crippen molar-refractivity contribution in [3.8, 4) is 5.75 Å². The van der Waals surface area contributed by atoms with Gasteiger partial charge in [0, 0.05) is 30.7 Å². The molecule has 2 unspecified atom stereocenters. The summed E-state index contributed by atoms with van der Waals surface area (Å²) < 4.78 is 13.3. The van der Waals surface area contributed by atoms with E-state index in [4.69, 9.17) is 0 Å². The highest BCUT2D eigenvalue weighted by atomic mass is 35.5. The van der Waals surface area contributed by atoms with Crippen LogP contribution >= 0.6 is 12.4 Å². The van der Waals surface area contributed by atoms with E-state index in [1.54, 1.807) is 6.07 Å². The summed E-state index contributed by atoms with van der Waals surface area (Å²) in [5.74, 6) is -0.359. The molecule has 0 spiro atoms. The van der Waals surface area contributed by atoms with Crippen molar-refractivity contribution in [1.82, 2.24) is 10.2 Å². The van der Waals surface area contributed by atoms with Crippen LogP contribution in [0.25, 0.3) is 0 Å². The fraction of sp³-hybridized carbons (Fsp3) is 0.600. The minimum atomic E-state index is -0.367. The van der Waals surface area contributed by atoms with Gasteiger partial charge in [-0.25, -0.2) is 4.39 Å². The van der Waals surface area contributed by atoms with Gasteiger partial charge >= 0.3 is 0 Å². The van der Waals surface area contributed by atoms with Crippen molar-refractivity contribution >= 4 is 12.4 Å². The second-order valence-corrected chi connectivity index (χ2v) is 6.00. The van der Waals surface area contributed by atoms with Gasteiger partial charge in [0.15, 0.2) is 0 Å². The third-order valence-corrected chi connectivity index (χ3v) is 4.45. The lowest BCUT2D eigenvalue weighted by Crippen LogP contribution is -2.46. The molecule has 1 aromatic rings. The second kappa shape index (κ2) is 6.29. The topological polar surface area (TPSA) is 35.5 Å². The Labute approximate surface area is 125 Å². The minimum absolute atomic E-state index is 0. The monoisotopic (exact) mass is 300 g/mol. The zero-order chi connectivity index (χ0) is 13.4. The predicted octanol–water partition coefficient (Wildman–Crippen LogP) is 2.67. The number of nitrogens with zero attached hydrogens (tertiary/aromatic N) is 1. The van der Waals surface area contributed by atoms with Crippen LogP contribution in [-0.2, 0) is 6.54 Å². The molecule has 0 aliphatic carbocycles. The average Bonchev–Trinajstić information content (AvgIpc) is 2.66. The Morgan fingerprint density at radius 3 is 2.50 bits per heavy atom. The van der Waals surface area contributed by atoms with Crippen molar-refractivity contribution in [3.63, 3.8) is 0 Å². The number of fused-ring (bicyclic) bond motifs is 2. The van der Waals surface area contributed by atoms with Crippen molar-refractivity contribution in [2.45, 2.75) is 50.4 Å². The van der Waals surface area contributed by atoms with Crippen LogP contribution in [0.3, 0.4) is 0 Å². The van der Waals surface area contributed by atoms with Crippen molar-refractivity contribution in [2.75, 3.05) is 7.05 Å². The number of hydrogen-bond acceptors (Lipinski definition) is 3. The largest absolute Gasteiger partial charge is 0.508 e. The Morgan fingerprint density at radius 2 is 1.90 bits per heavy atom. The predicted molar refractivity (Wildman–Crippen MR) is 79.7 cm³/mol. The van der Waals surface area contributed by atoms with Crippen LogP contribution in [0.2, 0.25) is 0 Å². The van der Waals surface area contributed by atoms with Gasteiger partial charge in [-0.15, -0.1) is 12.4 Å². The van der Waals surface area contributed by atoms with Crippen LogP contribution in [0, 0.1) is 5.82 Å². The number of halogens is 2. The van der Waals surface area contributed by atoms with E-state index in [1.165, 1.54) is 31.7 Å². The van der Waals surface area contributed by atoms with E-state index in [0.29, 0.717) is 24.7 Å². The van der Waals surface area contributed by atoms with E-state index in [2.05, 4.69) is 17.3 Å². The molecule has 2 aliphatic heterocycles. The Hall–Kier alpha value is -0.840. The van der Waals surface area contributed by atoms with Gasteiger partial charge in [0.1, 0.15) is 11.6 Å². The van der Waals surface area contributed by atoms with Crippen molar-refractivity contribution in [3.05, 3.63) is 29.6 Å². The second-order valence-electron chi connectivity index (χ2n) is 6.00. The lowest BCUT2D eigenvalue weighted by Gasteiger charge is -2.35. The number of aromatic hydroxyl groups is 1. The molecule has 20 heavy (non-hydrogen) atoms. The quantitative estimate of drug-likeness (QED) is 0.901. The van der Waals surface area contributed by atoms with Crippen LogP contribution in [0.5, 0.6) is 5.75 Å². The molecule has 0 amide bonds. The highest BCUT2D eigenvalue weighted by molar-refractivity contribution is 5.85. The number of phenolic OH excluding ortho intramolecular Hbond substituents is 1. The molecule has 3 rings (SSSR count). The molecule has 2 bridgehead atoms. The molecule has 2 atom stereocenters. The molecule has 0 radical (unpaired) electrons. The Kier molecular flexibility index (Phi) is 4.89. The lowest BCUT2D eigenvalue weighted by atomic mass is 9.98. The molecule has 3 nitrogen and oxygen atoms in total. The first-order valence-electron chi connectivity index (χ1n) is 7.05. The van der Waals surface area contributed by atoms with Gasteiger partial charge in [-0.05, 0) is 50.4 Å². The number of phenols is 1. The summed E-state index contributed by atoms with van der Waals surface area (Å²) in [5, 5.41) is 13.1. The van der Waals surface area contributed by atoms with Crippen LogP contribution in [-0.4, -0.2) is 35.2 Å². The molecule has 0 saturated carbocycles. The Bertz CT molecular complexity index is 439.